The van der Waals surface area contributed by atoms with E-state index in [1.807, 2.05) is 0 Å². The number of hydrogen-bond acceptors (Lipinski definition) is 6. The van der Waals surface area contributed by atoms with E-state index in [0.29, 0.717) is 40.8 Å². The predicted octanol–water partition coefficient (Wildman–Crippen LogP) is 1.89. The number of imidazole rings is 1. The molecule has 5 N–H and O–H groups in total. The van der Waals surface area contributed by atoms with Gasteiger partial charge in [0.2, 0.25) is 0 Å². The number of nitrogens with one attached hydrogen (secondary N) is 1. The Balaban J connectivity index is 1.55. The van der Waals surface area contributed by atoms with E-state index in [1.165, 1.54) is 4.68 Å². The summed E-state index contributed by atoms with van der Waals surface area (Å²) in [5.74, 6) is 6.88. The summed E-state index contributed by atoms with van der Waals surface area (Å²) in [6.45, 7) is 2.07. The Morgan fingerprint density at radius 3 is 2.47 bits per heavy atom. The summed E-state index contributed by atoms with van der Waals surface area (Å²) < 4.78 is 1.32. The van der Waals surface area contributed by atoms with Crippen molar-refractivity contribution in [3.63, 3.8) is 0 Å². The molecule has 1 fully saturated rings. The zero-order chi connectivity index (χ0) is 22.7. The SMILES string of the molecule is CN1CCC(Cc2nc(-c3ccc(C(=O)Nc4ccccn4)cc3)c(C(N)=O)n2N)CC1. The normalized spacial score (nSPS) is 14.9. The van der Waals surface area contributed by atoms with Crippen molar-refractivity contribution in [2.24, 2.45) is 11.7 Å². The topological polar surface area (TPSA) is 132 Å². The Bertz CT molecular complexity index is 1100. The van der Waals surface area contributed by atoms with Gasteiger partial charge in [-0.15, -0.1) is 0 Å². The van der Waals surface area contributed by atoms with E-state index < -0.39 is 5.91 Å². The molecule has 0 unspecified atom stereocenters. The second-order valence-electron chi connectivity index (χ2n) is 8.16. The summed E-state index contributed by atoms with van der Waals surface area (Å²) in [5.41, 5.74) is 7.35. The summed E-state index contributed by atoms with van der Waals surface area (Å²) in [5, 5.41) is 2.74. The number of aromatic nitrogens is 3. The van der Waals surface area contributed by atoms with E-state index in [4.69, 9.17) is 11.6 Å². The standard InChI is InChI=1S/C23H27N7O2/c1-29-12-9-15(10-13-29)14-19-28-20(21(22(24)31)30(19)25)16-5-7-17(8-6-16)23(32)27-18-4-2-3-11-26-18/h2-8,11,15H,9-10,12-14,25H2,1H3,(H2,24,31)(H,26,27,32). The number of carbonyl (C=O) groups is 2. The summed E-state index contributed by atoms with van der Waals surface area (Å²) in [7, 11) is 2.11. The number of pyridine rings is 1. The van der Waals surface area contributed by atoms with Crippen molar-refractivity contribution in [3.8, 4) is 11.3 Å². The molecule has 2 amide bonds. The molecule has 4 rings (SSSR count). The number of nitrogen functional groups attached to an aromatic ring is 1. The highest BCUT2D eigenvalue weighted by molar-refractivity contribution is 6.04. The Morgan fingerprint density at radius 1 is 1.12 bits per heavy atom. The van der Waals surface area contributed by atoms with E-state index in [9.17, 15) is 9.59 Å². The van der Waals surface area contributed by atoms with Crippen LogP contribution in [0.25, 0.3) is 11.3 Å². The highest BCUT2D eigenvalue weighted by Crippen LogP contribution is 2.27. The summed E-state index contributed by atoms with van der Waals surface area (Å²) >= 11 is 0. The van der Waals surface area contributed by atoms with Gasteiger partial charge >= 0.3 is 0 Å². The van der Waals surface area contributed by atoms with Crippen LogP contribution in [-0.4, -0.2) is 51.5 Å². The monoisotopic (exact) mass is 433 g/mol. The maximum absolute atomic E-state index is 12.5. The fraction of sp³-hybridized carbons (Fsp3) is 0.304. The molecule has 0 bridgehead atoms. The van der Waals surface area contributed by atoms with E-state index in [0.717, 1.165) is 25.9 Å². The van der Waals surface area contributed by atoms with Crippen LogP contribution in [0.15, 0.2) is 48.7 Å². The van der Waals surface area contributed by atoms with Crippen molar-refractivity contribution >= 4 is 17.6 Å². The van der Waals surface area contributed by atoms with Crippen LogP contribution in [0.5, 0.6) is 0 Å². The number of anilines is 1. The Kier molecular flexibility index (Phi) is 6.18. The second-order valence-corrected chi connectivity index (χ2v) is 8.16. The molecular formula is C23H27N7O2. The van der Waals surface area contributed by atoms with E-state index in [2.05, 4.69) is 27.2 Å². The van der Waals surface area contributed by atoms with E-state index in [-0.39, 0.29) is 11.6 Å². The largest absolute Gasteiger partial charge is 0.364 e. The highest BCUT2D eigenvalue weighted by atomic mass is 16.2. The van der Waals surface area contributed by atoms with Gasteiger partial charge in [-0.2, -0.15) is 0 Å². The van der Waals surface area contributed by atoms with Crippen LogP contribution in [0.4, 0.5) is 5.82 Å². The second kappa shape index (κ2) is 9.19. The van der Waals surface area contributed by atoms with Crippen LogP contribution in [0.3, 0.4) is 0 Å². The van der Waals surface area contributed by atoms with Crippen LogP contribution in [0.2, 0.25) is 0 Å². The molecule has 0 atom stereocenters. The highest BCUT2D eigenvalue weighted by Gasteiger charge is 2.25. The lowest BCUT2D eigenvalue weighted by atomic mass is 9.93. The number of primary amides is 1. The van der Waals surface area contributed by atoms with Crippen molar-refractivity contribution in [1.29, 1.82) is 0 Å². The molecule has 1 saturated heterocycles. The first kappa shape index (κ1) is 21.5. The van der Waals surface area contributed by atoms with Crippen molar-refractivity contribution in [3.05, 3.63) is 65.7 Å². The Hall–Kier alpha value is -3.72. The summed E-state index contributed by atoms with van der Waals surface area (Å²) in [6.07, 6.45) is 4.42. The first-order valence-electron chi connectivity index (χ1n) is 10.6. The van der Waals surface area contributed by atoms with E-state index in [1.54, 1.807) is 48.7 Å². The molecule has 166 valence electrons. The maximum atomic E-state index is 12.5. The van der Waals surface area contributed by atoms with Gasteiger partial charge in [-0.3, -0.25) is 9.59 Å². The number of nitrogens with zero attached hydrogens (tertiary/aromatic N) is 4. The van der Waals surface area contributed by atoms with E-state index >= 15 is 0 Å². The molecule has 0 spiro atoms. The zero-order valence-corrected chi connectivity index (χ0v) is 18.0. The van der Waals surface area contributed by atoms with Crippen molar-refractivity contribution in [2.45, 2.75) is 19.3 Å². The average molecular weight is 434 g/mol. The lowest BCUT2D eigenvalue weighted by Gasteiger charge is -2.28. The molecule has 0 saturated carbocycles. The molecule has 0 aliphatic carbocycles. The van der Waals surface area contributed by atoms with Gasteiger partial charge in [-0.05, 0) is 63.2 Å². The third-order valence-electron chi connectivity index (χ3n) is 5.85. The van der Waals surface area contributed by atoms with Crippen LogP contribution in [-0.2, 0) is 6.42 Å². The molecule has 1 aliphatic heterocycles. The van der Waals surface area contributed by atoms with Gasteiger partial charge in [-0.1, -0.05) is 18.2 Å². The van der Waals surface area contributed by atoms with Crippen LogP contribution in [0.1, 0.15) is 39.5 Å². The first-order valence-corrected chi connectivity index (χ1v) is 10.6. The number of rotatable bonds is 6. The molecule has 0 radical (unpaired) electrons. The van der Waals surface area contributed by atoms with Gasteiger partial charge in [0.05, 0.1) is 0 Å². The molecule has 9 nitrogen and oxygen atoms in total. The fourth-order valence-corrected chi connectivity index (χ4v) is 3.99. The quantitative estimate of drug-likeness (QED) is 0.509. The van der Waals surface area contributed by atoms with Crippen molar-refractivity contribution in [1.82, 2.24) is 19.5 Å². The molecule has 2 aromatic heterocycles. The summed E-state index contributed by atoms with van der Waals surface area (Å²) in [4.78, 5) is 35.7. The molecule has 9 heteroatoms. The molecule has 32 heavy (non-hydrogen) atoms. The number of amides is 2. The van der Waals surface area contributed by atoms with Crippen LogP contribution >= 0.6 is 0 Å². The van der Waals surface area contributed by atoms with Crippen LogP contribution < -0.4 is 16.9 Å². The number of piperidine rings is 1. The number of carbonyl (C=O) groups excluding carboxylic acids is 2. The molecule has 1 aromatic carbocycles. The zero-order valence-electron chi connectivity index (χ0n) is 18.0. The minimum atomic E-state index is -0.637. The average Bonchev–Trinajstić information content (AvgIpc) is 3.12. The van der Waals surface area contributed by atoms with Gasteiger partial charge in [-0.25, -0.2) is 14.6 Å². The lowest BCUT2D eigenvalue weighted by Crippen LogP contribution is -2.32. The Labute approximate surface area is 186 Å². The van der Waals surface area contributed by atoms with Gasteiger partial charge in [0.1, 0.15) is 17.3 Å². The Morgan fingerprint density at radius 2 is 1.84 bits per heavy atom. The lowest BCUT2D eigenvalue weighted by molar-refractivity contribution is 0.0991. The minimum absolute atomic E-state index is 0.165. The van der Waals surface area contributed by atoms with Gasteiger partial charge in [0.15, 0.2) is 5.69 Å². The van der Waals surface area contributed by atoms with Crippen molar-refractivity contribution < 1.29 is 9.59 Å². The minimum Gasteiger partial charge on any atom is -0.364 e. The predicted molar refractivity (Wildman–Crippen MR) is 122 cm³/mol. The molecule has 3 heterocycles. The number of benzene rings is 1. The molecular weight excluding hydrogens is 406 g/mol. The maximum Gasteiger partial charge on any atom is 0.269 e. The number of nitrogens with two attached hydrogens (primary N) is 2. The number of hydrogen-bond donors (Lipinski definition) is 3. The summed E-state index contributed by atoms with van der Waals surface area (Å²) in [6, 6.07) is 12.1. The molecule has 1 aliphatic rings. The number of likely N-dealkylation sites (tertiary alicyclic amines) is 1. The first-order chi connectivity index (χ1) is 15.4. The van der Waals surface area contributed by atoms with Crippen LogP contribution in [0, 0.1) is 5.92 Å². The van der Waals surface area contributed by atoms with Crippen molar-refractivity contribution in [2.75, 3.05) is 31.3 Å². The smallest absolute Gasteiger partial charge is 0.269 e. The van der Waals surface area contributed by atoms with Gasteiger partial charge in [0, 0.05) is 23.7 Å². The third-order valence-corrected chi connectivity index (χ3v) is 5.85. The molecule has 3 aromatic rings. The third kappa shape index (κ3) is 4.62. The van der Waals surface area contributed by atoms with Gasteiger partial charge < -0.3 is 21.8 Å². The van der Waals surface area contributed by atoms with Gasteiger partial charge in [0.25, 0.3) is 11.8 Å². The fourth-order valence-electron chi connectivity index (χ4n) is 3.99.